The minimum atomic E-state index is -0.295. The Bertz CT molecular complexity index is 496. The maximum absolute atomic E-state index is 13.3. The van der Waals surface area contributed by atoms with Crippen molar-refractivity contribution in [3.8, 4) is 0 Å². The van der Waals surface area contributed by atoms with Crippen LogP contribution in [0.5, 0.6) is 0 Å². The van der Waals surface area contributed by atoms with Gasteiger partial charge in [-0.25, -0.2) is 0 Å². The fourth-order valence-corrected chi connectivity index (χ4v) is 3.99. The Morgan fingerprint density at radius 3 is 2.29 bits per heavy atom. The van der Waals surface area contributed by atoms with Crippen LogP contribution in [-0.2, 0) is 0 Å². The lowest BCUT2D eigenvalue weighted by molar-refractivity contribution is 0.0772. The Kier molecular flexibility index (Phi) is 4.44. The zero-order valence-electron chi connectivity index (χ0n) is 12.9. The molecule has 2 aliphatic carbocycles. The van der Waals surface area contributed by atoms with Gasteiger partial charge in [-0.15, -0.1) is 0 Å². The maximum atomic E-state index is 13.3. The molecule has 2 fully saturated rings. The van der Waals surface area contributed by atoms with Gasteiger partial charge in [-0.2, -0.15) is 0 Å². The van der Waals surface area contributed by atoms with Gasteiger partial charge >= 0.3 is 0 Å². The van der Waals surface area contributed by atoms with Crippen LogP contribution in [0.25, 0.3) is 0 Å². The van der Waals surface area contributed by atoms with Gasteiger partial charge in [0.1, 0.15) is 0 Å². The van der Waals surface area contributed by atoms with Crippen LogP contribution in [0.2, 0.25) is 0 Å². The summed E-state index contributed by atoms with van der Waals surface area (Å²) in [5.41, 5.74) is 8.05. The summed E-state index contributed by atoms with van der Waals surface area (Å²) in [6, 6.07) is 8.29. The molecule has 0 heterocycles. The number of hydrogen-bond acceptors (Lipinski definition) is 2. The number of nitrogens with two attached hydrogens (primary N) is 1. The van der Waals surface area contributed by atoms with Crippen LogP contribution in [0.1, 0.15) is 79.6 Å². The minimum absolute atomic E-state index is 0.295. The Morgan fingerprint density at radius 1 is 1.05 bits per heavy atom. The van der Waals surface area contributed by atoms with Gasteiger partial charge < -0.3 is 5.73 Å². The van der Waals surface area contributed by atoms with Gasteiger partial charge in [0, 0.05) is 17.5 Å². The van der Waals surface area contributed by atoms with E-state index in [0.29, 0.717) is 18.2 Å². The Labute approximate surface area is 128 Å². The van der Waals surface area contributed by atoms with Crippen molar-refractivity contribution < 1.29 is 4.79 Å². The molecule has 0 unspecified atom stereocenters. The van der Waals surface area contributed by atoms with E-state index in [1.165, 1.54) is 37.7 Å². The summed E-state index contributed by atoms with van der Waals surface area (Å²) >= 11 is 0. The van der Waals surface area contributed by atoms with Crippen molar-refractivity contribution in [2.45, 2.75) is 63.7 Å². The monoisotopic (exact) mass is 285 g/mol. The zero-order valence-corrected chi connectivity index (χ0v) is 12.9. The molecule has 0 bridgehead atoms. The molecule has 3 rings (SSSR count). The van der Waals surface area contributed by atoms with E-state index in [2.05, 4.69) is 12.1 Å². The lowest BCUT2D eigenvalue weighted by atomic mass is 9.70. The Morgan fingerprint density at radius 2 is 1.71 bits per heavy atom. The summed E-state index contributed by atoms with van der Waals surface area (Å²) in [4.78, 5) is 13.3. The fraction of sp³-hybridized carbons (Fsp3) is 0.632. The van der Waals surface area contributed by atoms with Crippen LogP contribution < -0.4 is 5.73 Å². The van der Waals surface area contributed by atoms with Crippen molar-refractivity contribution in [3.63, 3.8) is 0 Å². The van der Waals surface area contributed by atoms with Gasteiger partial charge in [-0.3, -0.25) is 4.79 Å². The average Bonchev–Trinajstić information content (AvgIpc) is 2.72. The second-order valence-electron chi connectivity index (χ2n) is 6.94. The van der Waals surface area contributed by atoms with E-state index in [9.17, 15) is 4.79 Å². The van der Waals surface area contributed by atoms with Gasteiger partial charge in [-0.05, 0) is 37.2 Å². The van der Waals surface area contributed by atoms with Crippen LogP contribution in [-0.4, -0.2) is 12.3 Å². The molecule has 2 N–H and O–H groups in total. The molecule has 2 nitrogen and oxygen atoms in total. The predicted molar refractivity (Wildman–Crippen MR) is 86.6 cm³/mol. The maximum Gasteiger partial charge on any atom is 0.170 e. The zero-order chi connectivity index (χ0) is 14.7. The van der Waals surface area contributed by atoms with Crippen molar-refractivity contribution in [2.75, 3.05) is 6.54 Å². The van der Waals surface area contributed by atoms with Gasteiger partial charge in [0.05, 0.1) is 0 Å². The van der Waals surface area contributed by atoms with E-state index in [-0.39, 0.29) is 5.41 Å². The fourth-order valence-electron chi connectivity index (χ4n) is 3.99. The minimum Gasteiger partial charge on any atom is -0.329 e. The number of rotatable bonds is 4. The summed E-state index contributed by atoms with van der Waals surface area (Å²) in [6.07, 6.45) is 10.5. The highest BCUT2D eigenvalue weighted by molar-refractivity contribution is 6.02. The van der Waals surface area contributed by atoms with E-state index in [0.717, 1.165) is 31.2 Å². The molecule has 114 valence electrons. The summed E-state index contributed by atoms with van der Waals surface area (Å²) in [5, 5.41) is 0. The molecule has 0 aromatic heterocycles. The third-order valence-corrected chi connectivity index (χ3v) is 5.68. The van der Waals surface area contributed by atoms with Crippen LogP contribution >= 0.6 is 0 Å². The molecule has 0 radical (unpaired) electrons. The molecule has 2 aliphatic rings. The summed E-state index contributed by atoms with van der Waals surface area (Å²) < 4.78 is 0. The molecule has 21 heavy (non-hydrogen) atoms. The second kappa shape index (κ2) is 6.31. The molecule has 1 aromatic carbocycles. The lowest BCUT2D eigenvalue weighted by Crippen LogP contribution is -2.39. The molecule has 0 atom stereocenters. The molecule has 0 saturated heterocycles. The highest BCUT2D eigenvalue weighted by Gasteiger charge is 2.39. The average molecular weight is 285 g/mol. The second-order valence-corrected chi connectivity index (χ2v) is 6.94. The van der Waals surface area contributed by atoms with E-state index in [1.54, 1.807) is 0 Å². The first kappa shape index (κ1) is 14.8. The standard InChI is InChI=1S/C19H27NO/c20-14-19(12-5-1-2-6-13-19)18(21)17-11-4-3-10-16(17)15-8-7-9-15/h3-4,10-11,15H,1-2,5-9,12-14,20H2. The largest absolute Gasteiger partial charge is 0.329 e. The van der Waals surface area contributed by atoms with E-state index < -0.39 is 0 Å². The molecular formula is C19H27NO. The first-order valence-electron chi connectivity index (χ1n) is 8.61. The number of Topliss-reactive ketones (excluding diaryl/α,β-unsaturated/α-hetero) is 1. The van der Waals surface area contributed by atoms with E-state index in [1.807, 2.05) is 12.1 Å². The van der Waals surface area contributed by atoms with Gasteiger partial charge in [0.2, 0.25) is 0 Å². The first-order chi connectivity index (χ1) is 10.3. The van der Waals surface area contributed by atoms with Gasteiger partial charge in [0.15, 0.2) is 5.78 Å². The lowest BCUT2D eigenvalue weighted by Gasteiger charge is -2.33. The van der Waals surface area contributed by atoms with Crippen LogP contribution in [0, 0.1) is 5.41 Å². The third-order valence-electron chi connectivity index (χ3n) is 5.68. The SMILES string of the molecule is NCC1(C(=O)c2ccccc2C2CCC2)CCCCCC1. The smallest absolute Gasteiger partial charge is 0.170 e. The Balaban J connectivity index is 1.92. The third kappa shape index (κ3) is 2.78. The Hall–Kier alpha value is -1.15. The number of carbonyl (C=O) groups is 1. The highest BCUT2D eigenvalue weighted by atomic mass is 16.1. The molecule has 0 spiro atoms. The number of carbonyl (C=O) groups excluding carboxylic acids is 1. The summed E-state index contributed by atoms with van der Waals surface area (Å²) in [5.74, 6) is 0.931. The van der Waals surface area contributed by atoms with Gasteiger partial charge in [-0.1, -0.05) is 56.4 Å². The quantitative estimate of drug-likeness (QED) is 0.656. The van der Waals surface area contributed by atoms with Crippen LogP contribution in [0.15, 0.2) is 24.3 Å². The molecular weight excluding hydrogens is 258 g/mol. The van der Waals surface area contributed by atoms with E-state index >= 15 is 0 Å². The summed E-state index contributed by atoms with van der Waals surface area (Å²) in [6.45, 7) is 0.505. The molecule has 0 amide bonds. The number of hydrogen-bond donors (Lipinski definition) is 1. The molecule has 2 saturated carbocycles. The van der Waals surface area contributed by atoms with Gasteiger partial charge in [0.25, 0.3) is 0 Å². The molecule has 1 aromatic rings. The van der Waals surface area contributed by atoms with Crippen LogP contribution in [0.3, 0.4) is 0 Å². The van der Waals surface area contributed by atoms with Crippen LogP contribution in [0.4, 0.5) is 0 Å². The number of benzene rings is 1. The van der Waals surface area contributed by atoms with Crippen molar-refractivity contribution in [2.24, 2.45) is 11.1 Å². The normalized spacial score (nSPS) is 22.3. The van der Waals surface area contributed by atoms with Crippen molar-refractivity contribution in [1.82, 2.24) is 0 Å². The van der Waals surface area contributed by atoms with Crippen molar-refractivity contribution in [3.05, 3.63) is 35.4 Å². The topological polar surface area (TPSA) is 43.1 Å². The summed E-state index contributed by atoms with van der Waals surface area (Å²) in [7, 11) is 0. The molecule has 0 aliphatic heterocycles. The van der Waals surface area contributed by atoms with Crippen molar-refractivity contribution in [1.29, 1.82) is 0 Å². The molecule has 2 heteroatoms. The van der Waals surface area contributed by atoms with E-state index in [4.69, 9.17) is 5.73 Å². The first-order valence-corrected chi connectivity index (χ1v) is 8.61. The highest BCUT2D eigenvalue weighted by Crippen LogP contribution is 2.42. The predicted octanol–water partition coefficient (Wildman–Crippen LogP) is 4.44. The van der Waals surface area contributed by atoms with Crippen molar-refractivity contribution >= 4 is 5.78 Å². The number of ketones is 1.